The Bertz CT molecular complexity index is 537. The van der Waals surface area contributed by atoms with Crippen LogP contribution in [0.3, 0.4) is 0 Å². The standard InChI is InChI=1S/C12H12ClN3OS/c1-7(10-6-18-12(14)16-10)11(17)15-9-4-2-8(13)3-5-9/h2-5H,6H2,1H3,(H2,14,16)(H,15,17). The minimum atomic E-state index is -0.175. The third-order valence-electron chi connectivity index (χ3n) is 2.48. The van der Waals surface area contributed by atoms with Crippen molar-refractivity contribution in [3.8, 4) is 0 Å². The van der Waals surface area contributed by atoms with Gasteiger partial charge in [0.2, 0.25) is 0 Å². The molecule has 0 saturated heterocycles. The topological polar surface area (TPSA) is 67.5 Å². The van der Waals surface area contributed by atoms with Gasteiger partial charge in [-0.3, -0.25) is 4.79 Å². The Morgan fingerprint density at radius 3 is 2.67 bits per heavy atom. The van der Waals surface area contributed by atoms with Crippen molar-refractivity contribution in [2.75, 3.05) is 11.1 Å². The molecule has 1 heterocycles. The number of carbonyl (C=O) groups excluding carboxylic acids is 1. The van der Waals surface area contributed by atoms with Crippen molar-refractivity contribution in [2.45, 2.75) is 6.92 Å². The molecule has 1 aliphatic rings. The maximum Gasteiger partial charge on any atom is 0.253 e. The summed E-state index contributed by atoms with van der Waals surface area (Å²) >= 11 is 7.21. The van der Waals surface area contributed by atoms with E-state index < -0.39 is 0 Å². The first kappa shape index (κ1) is 13.0. The summed E-state index contributed by atoms with van der Waals surface area (Å²) in [7, 11) is 0. The lowest BCUT2D eigenvalue weighted by atomic mass is 10.2. The average Bonchev–Trinajstić information content (AvgIpc) is 2.78. The van der Waals surface area contributed by atoms with E-state index in [0.717, 1.165) is 5.70 Å². The molecule has 1 aliphatic heterocycles. The second kappa shape index (κ2) is 5.46. The van der Waals surface area contributed by atoms with E-state index in [-0.39, 0.29) is 5.91 Å². The van der Waals surface area contributed by atoms with E-state index in [9.17, 15) is 4.79 Å². The highest BCUT2D eigenvalue weighted by molar-refractivity contribution is 8.14. The lowest BCUT2D eigenvalue weighted by Crippen LogP contribution is -2.14. The third kappa shape index (κ3) is 3.05. The van der Waals surface area contributed by atoms with Gasteiger partial charge in [-0.1, -0.05) is 23.4 Å². The van der Waals surface area contributed by atoms with E-state index in [4.69, 9.17) is 17.3 Å². The molecule has 3 N–H and O–H groups in total. The van der Waals surface area contributed by atoms with Crippen LogP contribution in [0, 0.1) is 0 Å². The highest BCUT2D eigenvalue weighted by atomic mass is 35.5. The highest BCUT2D eigenvalue weighted by Crippen LogP contribution is 2.22. The van der Waals surface area contributed by atoms with Crippen molar-refractivity contribution in [1.82, 2.24) is 0 Å². The number of amides is 1. The van der Waals surface area contributed by atoms with Gasteiger partial charge < -0.3 is 11.1 Å². The Morgan fingerprint density at radius 1 is 1.44 bits per heavy atom. The Balaban J connectivity index is 2.11. The van der Waals surface area contributed by atoms with Crippen LogP contribution in [-0.4, -0.2) is 16.8 Å². The first-order valence-corrected chi connectivity index (χ1v) is 6.66. The molecule has 94 valence electrons. The van der Waals surface area contributed by atoms with Crippen LogP contribution < -0.4 is 11.1 Å². The van der Waals surface area contributed by atoms with Crippen LogP contribution in [0.4, 0.5) is 5.69 Å². The molecule has 1 aromatic rings. The first-order valence-electron chi connectivity index (χ1n) is 5.30. The number of hydrogen-bond donors (Lipinski definition) is 2. The number of rotatable bonds is 2. The fourth-order valence-corrected chi connectivity index (χ4v) is 2.29. The number of hydrogen-bond acceptors (Lipinski definition) is 4. The Hall–Kier alpha value is -1.46. The van der Waals surface area contributed by atoms with Gasteiger partial charge in [0, 0.05) is 22.0 Å². The molecule has 0 saturated carbocycles. The summed E-state index contributed by atoms with van der Waals surface area (Å²) in [5, 5.41) is 3.92. The SMILES string of the molecule is CC(C(=O)Nc1ccc(Cl)cc1)=C1CSC(N)=N1. The van der Waals surface area contributed by atoms with E-state index in [1.807, 2.05) is 0 Å². The van der Waals surface area contributed by atoms with E-state index in [0.29, 0.717) is 27.2 Å². The summed E-state index contributed by atoms with van der Waals surface area (Å²) in [5.74, 6) is 0.470. The van der Waals surface area contributed by atoms with Crippen LogP contribution in [0.25, 0.3) is 0 Å². The molecule has 0 spiro atoms. The van der Waals surface area contributed by atoms with Gasteiger partial charge in [-0.25, -0.2) is 4.99 Å². The molecule has 1 aromatic carbocycles. The molecular weight excluding hydrogens is 270 g/mol. The summed E-state index contributed by atoms with van der Waals surface area (Å²) in [5.41, 5.74) is 7.57. The first-order chi connectivity index (χ1) is 8.56. The zero-order chi connectivity index (χ0) is 13.1. The molecule has 0 radical (unpaired) electrons. The summed E-state index contributed by atoms with van der Waals surface area (Å²) in [4.78, 5) is 16.1. The Kier molecular flexibility index (Phi) is 3.93. The van der Waals surface area contributed by atoms with E-state index in [1.165, 1.54) is 11.8 Å². The van der Waals surface area contributed by atoms with Crippen LogP contribution in [0.5, 0.6) is 0 Å². The number of carbonyl (C=O) groups is 1. The van der Waals surface area contributed by atoms with Crippen molar-refractivity contribution in [1.29, 1.82) is 0 Å². The second-order valence-corrected chi connectivity index (χ2v) is 5.20. The van der Waals surface area contributed by atoms with E-state index >= 15 is 0 Å². The molecule has 6 heteroatoms. The summed E-state index contributed by atoms with van der Waals surface area (Å²) in [6.45, 7) is 1.74. The normalized spacial score (nSPS) is 17.3. The van der Waals surface area contributed by atoms with Crippen molar-refractivity contribution in [2.24, 2.45) is 10.7 Å². The smallest absolute Gasteiger partial charge is 0.253 e. The highest BCUT2D eigenvalue weighted by Gasteiger charge is 2.16. The lowest BCUT2D eigenvalue weighted by Gasteiger charge is -2.06. The molecule has 1 amide bonds. The molecule has 0 atom stereocenters. The molecule has 0 unspecified atom stereocenters. The largest absolute Gasteiger partial charge is 0.378 e. The van der Waals surface area contributed by atoms with Crippen molar-refractivity contribution < 1.29 is 4.79 Å². The van der Waals surface area contributed by atoms with Crippen molar-refractivity contribution in [3.05, 3.63) is 40.6 Å². The predicted molar refractivity (Wildman–Crippen MR) is 76.9 cm³/mol. The minimum absolute atomic E-state index is 0.175. The van der Waals surface area contributed by atoms with Gasteiger partial charge >= 0.3 is 0 Å². The van der Waals surface area contributed by atoms with Gasteiger partial charge in [-0.2, -0.15) is 0 Å². The van der Waals surface area contributed by atoms with Gasteiger partial charge in [0.15, 0.2) is 5.17 Å². The van der Waals surface area contributed by atoms with Crippen molar-refractivity contribution >= 4 is 40.1 Å². The lowest BCUT2D eigenvalue weighted by molar-refractivity contribution is -0.112. The van der Waals surface area contributed by atoms with Gasteiger partial charge in [-0.05, 0) is 31.2 Å². The molecule has 0 aliphatic carbocycles. The summed E-state index contributed by atoms with van der Waals surface area (Å²) in [6.07, 6.45) is 0. The Morgan fingerprint density at radius 2 is 2.11 bits per heavy atom. The molecule has 0 aromatic heterocycles. The minimum Gasteiger partial charge on any atom is -0.378 e. The fraction of sp³-hybridized carbons (Fsp3) is 0.167. The number of amidine groups is 1. The van der Waals surface area contributed by atoms with Gasteiger partial charge in [-0.15, -0.1) is 0 Å². The number of aliphatic imine (C=N–C) groups is 1. The Labute approximate surface area is 114 Å². The van der Waals surface area contributed by atoms with Crippen LogP contribution in [0.2, 0.25) is 5.02 Å². The third-order valence-corrected chi connectivity index (χ3v) is 3.53. The fourth-order valence-electron chi connectivity index (χ4n) is 1.42. The van der Waals surface area contributed by atoms with Gasteiger partial charge in [0.1, 0.15) is 0 Å². The number of thioether (sulfide) groups is 1. The average molecular weight is 282 g/mol. The molecular formula is C12H12ClN3OS. The summed E-state index contributed by atoms with van der Waals surface area (Å²) < 4.78 is 0. The quantitative estimate of drug-likeness (QED) is 0.819. The number of nitrogens with one attached hydrogen (secondary N) is 1. The molecule has 2 rings (SSSR count). The van der Waals surface area contributed by atoms with Crippen LogP contribution in [0.15, 0.2) is 40.5 Å². The summed E-state index contributed by atoms with van der Waals surface area (Å²) in [6, 6.07) is 6.95. The molecule has 0 fully saturated rings. The van der Waals surface area contributed by atoms with Gasteiger partial charge in [0.25, 0.3) is 5.91 Å². The number of nitrogens with two attached hydrogens (primary N) is 1. The maximum atomic E-state index is 12.0. The second-order valence-electron chi connectivity index (χ2n) is 3.77. The monoisotopic (exact) mass is 281 g/mol. The zero-order valence-electron chi connectivity index (χ0n) is 9.74. The molecule has 0 bridgehead atoms. The van der Waals surface area contributed by atoms with Crippen LogP contribution >= 0.6 is 23.4 Å². The van der Waals surface area contributed by atoms with Crippen LogP contribution in [0.1, 0.15) is 6.92 Å². The van der Waals surface area contributed by atoms with E-state index in [1.54, 1.807) is 31.2 Å². The number of benzene rings is 1. The number of anilines is 1. The number of nitrogens with zero attached hydrogens (tertiary/aromatic N) is 1. The zero-order valence-corrected chi connectivity index (χ0v) is 11.3. The number of halogens is 1. The predicted octanol–water partition coefficient (Wildman–Crippen LogP) is 2.61. The van der Waals surface area contributed by atoms with Gasteiger partial charge in [0.05, 0.1) is 5.70 Å². The molecule has 18 heavy (non-hydrogen) atoms. The molecule has 4 nitrogen and oxygen atoms in total. The van der Waals surface area contributed by atoms with Crippen LogP contribution in [-0.2, 0) is 4.79 Å². The maximum absolute atomic E-state index is 12.0. The van der Waals surface area contributed by atoms with E-state index in [2.05, 4.69) is 10.3 Å². The van der Waals surface area contributed by atoms with Crippen molar-refractivity contribution in [3.63, 3.8) is 0 Å².